The van der Waals surface area contributed by atoms with Crippen LogP contribution in [0, 0.1) is 0 Å². The fourth-order valence-electron chi connectivity index (χ4n) is 5.55. The number of fused-ring (bicyclic) bond motifs is 2. The molecule has 0 unspecified atom stereocenters. The second kappa shape index (κ2) is 18.3. The van der Waals surface area contributed by atoms with Crippen LogP contribution >= 0.6 is 0 Å². The molecule has 2 N–H and O–H groups in total. The van der Waals surface area contributed by atoms with Crippen molar-refractivity contribution < 1.29 is 52.6 Å². The lowest BCUT2D eigenvalue weighted by Gasteiger charge is -2.13. The number of methoxy groups -OCH3 is 8. The molecule has 0 aliphatic rings. The predicted octanol–water partition coefficient (Wildman–Crippen LogP) is 6.35. The quantitative estimate of drug-likeness (QED) is 0.125. The van der Waals surface area contributed by atoms with E-state index in [9.17, 15) is 14.7 Å². The average Bonchev–Trinajstić information content (AvgIpc) is 3.79. The topological polar surface area (TPSA) is 175 Å². The zero-order valence-corrected chi connectivity index (χ0v) is 29.9. The molecule has 288 valence electrons. The molecule has 0 amide bonds. The summed E-state index contributed by atoms with van der Waals surface area (Å²) in [5, 5.41) is 22.2. The number of H-pyrrole nitrogens is 1. The summed E-state index contributed by atoms with van der Waals surface area (Å²) in [6, 6.07) is 16.9. The van der Waals surface area contributed by atoms with Gasteiger partial charge >= 0.3 is 0 Å². The van der Waals surface area contributed by atoms with Crippen LogP contribution in [0.5, 0.6) is 46.0 Å². The molecule has 15 nitrogen and oxygen atoms in total. The number of benzene rings is 4. The second-order valence-corrected chi connectivity index (χ2v) is 10.8. The van der Waals surface area contributed by atoms with Crippen LogP contribution in [0.2, 0.25) is 0 Å². The van der Waals surface area contributed by atoms with Crippen LogP contribution in [0.25, 0.3) is 21.8 Å². The lowest BCUT2D eigenvalue weighted by atomic mass is 10.0. The van der Waals surface area contributed by atoms with E-state index in [1.807, 2.05) is 0 Å². The molecular formula is C39H46N4O11. The van der Waals surface area contributed by atoms with Crippen LogP contribution in [0.1, 0.15) is 47.0 Å². The first kappa shape index (κ1) is 41.9. The molecule has 0 saturated carbocycles. The molecule has 2 aromatic heterocycles. The van der Waals surface area contributed by atoms with Gasteiger partial charge in [-0.1, -0.05) is 14.9 Å². The van der Waals surface area contributed by atoms with Crippen LogP contribution in [-0.4, -0.2) is 93.5 Å². The number of carbonyl (C=O) groups excluding carboxylic acids is 2. The number of aromatic nitrogens is 4. The Balaban J connectivity index is 0.000000281. The van der Waals surface area contributed by atoms with Gasteiger partial charge in [0.25, 0.3) is 0 Å². The van der Waals surface area contributed by atoms with Gasteiger partial charge in [0.1, 0.15) is 29.6 Å². The minimum absolute atomic E-state index is 0. The second-order valence-electron chi connectivity index (χ2n) is 10.8. The zero-order chi connectivity index (χ0) is 37.5. The van der Waals surface area contributed by atoms with E-state index < -0.39 is 0 Å². The summed E-state index contributed by atoms with van der Waals surface area (Å²) in [6.07, 6.45) is 0. The Morgan fingerprint density at radius 1 is 0.593 bits per heavy atom. The number of aromatic amines is 1. The van der Waals surface area contributed by atoms with Crippen molar-refractivity contribution in [2.75, 3.05) is 56.9 Å². The van der Waals surface area contributed by atoms with E-state index in [-0.39, 0.29) is 38.8 Å². The van der Waals surface area contributed by atoms with Gasteiger partial charge in [-0.05, 0) is 48.5 Å². The summed E-state index contributed by atoms with van der Waals surface area (Å²) in [5.41, 5.74) is 2.54. The Morgan fingerprint density at radius 3 is 1.46 bits per heavy atom. The van der Waals surface area contributed by atoms with Gasteiger partial charge in [0.15, 0.2) is 23.0 Å². The summed E-state index contributed by atoms with van der Waals surface area (Å²) in [7, 11) is 12.1. The average molecular weight is 747 g/mol. The molecule has 0 aliphatic heterocycles. The summed E-state index contributed by atoms with van der Waals surface area (Å²) < 4.78 is 43.5. The highest BCUT2D eigenvalue weighted by Crippen LogP contribution is 2.40. The van der Waals surface area contributed by atoms with Crippen LogP contribution in [0.3, 0.4) is 0 Å². The number of nitrogens with one attached hydrogen (secondary N) is 1. The van der Waals surface area contributed by atoms with Crippen molar-refractivity contribution in [1.82, 2.24) is 20.0 Å². The largest absolute Gasteiger partial charge is 0.497 e. The maximum Gasteiger partial charge on any atom is 0.214 e. The van der Waals surface area contributed by atoms with Crippen LogP contribution < -0.4 is 37.9 Å². The number of hydrogen-bond donors (Lipinski definition) is 2. The fraction of sp³-hybridized carbons (Fsp3) is 0.282. The number of nitrogens with zero attached hydrogens (tertiary/aromatic N) is 3. The molecule has 15 heteroatoms. The van der Waals surface area contributed by atoms with Gasteiger partial charge in [0.2, 0.25) is 23.1 Å². The Labute approximate surface area is 313 Å². The molecule has 6 aromatic rings. The lowest BCUT2D eigenvalue weighted by Crippen LogP contribution is -2.07. The van der Waals surface area contributed by atoms with E-state index in [0.717, 1.165) is 5.52 Å². The number of hydrogen-bond acceptors (Lipinski definition) is 13. The van der Waals surface area contributed by atoms with Crippen molar-refractivity contribution in [3.63, 3.8) is 0 Å². The van der Waals surface area contributed by atoms with Gasteiger partial charge in [-0.25, -0.2) is 4.68 Å². The van der Waals surface area contributed by atoms with Gasteiger partial charge in [-0.3, -0.25) is 14.7 Å². The zero-order valence-electron chi connectivity index (χ0n) is 29.9. The van der Waals surface area contributed by atoms with Crippen LogP contribution in [0.4, 0.5) is 0 Å². The number of ether oxygens (including phenoxy) is 8. The predicted molar refractivity (Wildman–Crippen MR) is 204 cm³/mol. The third-order valence-electron chi connectivity index (χ3n) is 8.15. The Hall–Kier alpha value is -6.48. The molecule has 0 atom stereocenters. The first-order valence-electron chi connectivity index (χ1n) is 15.6. The van der Waals surface area contributed by atoms with E-state index in [0.29, 0.717) is 79.1 Å². The SMILES string of the molecule is C.C.COc1ccc2c(C(=O)c3cc(OC)c(OC)c(OC)c3)n[nH]c2c1.COc1ccc2c(C(=O)c3cc(OC)c(OC)c(OC)c3)nn(CO)c2c1. The van der Waals surface area contributed by atoms with Gasteiger partial charge in [0.05, 0.1) is 67.9 Å². The van der Waals surface area contributed by atoms with Crippen molar-refractivity contribution in [2.45, 2.75) is 21.6 Å². The van der Waals surface area contributed by atoms with Crippen LogP contribution in [-0.2, 0) is 6.73 Å². The Morgan fingerprint density at radius 2 is 1.04 bits per heavy atom. The summed E-state index contributed by atoms with van der Waals surface area (Å²) in [4.78, 5) is 26.1. The van der Waals surface area contributed by atoms with Crippen molar-refractivity contribution in [1.29, 1.82) is 0 Å². The molecule has 4 aromatic carbocycles. The van der Waals surface area contributed by atoms with Gasteiger partial charge in [-0.15, -0.1) is 0 Å². The molecule has 0 radical (unpaired) electrons. The maximum atomic E-state index is 13.1. The van der Waals surface area contributed by atoms with Gasteiger partial charge in [0, 0.05) is 34.0 Å². The molecule has 0 aliphatic carbocycles. The minimum atomic E-state index is -0.369. The van der Waals surface area contributed by atoms with Crippen molar-refractivity contribution in [2.24, 2.45) is 0 Å². The number of aliphatic hydroxyl groups is 1. The fourth-order valence-corrected chi connectivity index (χ4v) is 5.55. The first-order valence-corrected chi connectivity index (χ1v) is 15.6. The molecule has 0 bridgehead atoms. The maximum absolute atomic E-state index is 13.1. The van der Waals surface area contributed by atoms with E-state index in [2.05, 4.69) is 15.3 Å². The number of carbonyl (C=O) groups is 2. The third kappa shape index (κ3) is 7.95. The van der Waals surface area contributed by atoms with E-state index >= 15 is 0 Å². The molecule has 0 fully saturated rings. The highest BCUT2D eigenvalue weighted by molar-refractivity contribution is 6.16. The summed E-state index contributed by atoms with van der Waals surface area (Å²) in [5.74, 6) is 3.07. The number of aliphatic hydroxyl groups excluding tert-OH is 1. The van der Waals surface area contributed by atoms with Crippen LogP contribution in [0.15, 0.2) is 60.7 Å². The third-order valence-corrected chi connectivity index (χ3v) is 8.15. The van der Waals surface area contributed by atoms with Gasteiger partial charge in [-0.2, -0.15) is 10.2 Å². The highest BCUT2D eigenvalue weighted by atomic mass is 16.5. The van der Waals surface area contributed by atoms with E-state index in [1.165, 1.54) is 47.3 Å². The monoisotopic (exact) mass is 746 g/mol. The molecule has 0 spiro atoms. The van der Waals surface area contributed by atoms with Crippen molar-refractivity contribution >= 4 is 33.4 Å². The summed E-state index contributed by atoms with van der Waals surface area (Å²) in [6.45, 7) is -0.369. The van der Waals surface area contributed by atoms with Crippen molar-refractivity contribution in [3.05, 3.63) is 83.2 Å². The normalized spacial score (nSPS) is 10.2. The number of rotatable bonds is 13. The molecule has 6 rings (SSSR count). The summed E-state index contributed by atoms with van der Waals surface area (Å²) >= 11 is 0. The van der Waals surface area contributed by atoms with Crippen molar-refractivity contribution in [3.8, 4) is 46.0 Å². The molecule has 54 heavy (non-hydrogen) atoms. The first-order chi connectivity index (χ1) is 25.2. The van der Waals surface area contributed by atoms with Gasteiger partial charge < -0.3 is 43.0 Å². The molecular weight excluding hydrogens is 700 g/mol. The standard InChI is InChI=1S/C19H20N2O6.C18H18N2O5.2CH4/c1-24-12-5-6-13-14(9-12)21(10-22)20-17(13)18(23)11-7-15(25-2)19(27-4)16(8-11)26-3;1-22-11-5-6-12-13(9-11)19-20-16(12)17(21)10-7-14(23-2)18(25-4)15(8-10)24-3;;/h5-9,22H,10H2,1-4H3;5-9H,1-4H3,(H,19,20);2*1H4. The highest BCUT2D eigenvalue weighted by Gasteiger charge is 2.24. The molecule has 2 heterocycles. The lowest BCUT2D eigenvalue weighted by molar-refractivity contribution is 0.102. The smallest absolute Gasteiger partial charge is 0.214 e. The number of ketones is 2. The van der Waals surface area contributed by atoms with E-state index in [1.54, 1.807) is 74.9 Å². The van der Waals surface area contributed by atoms with E-state index in [4.69, 9.17) is 37.9 Å². The minimum Gasteiger partial charge on any atom is -0.497 e. The molecule has 0 saturated heterocycles. The Bertz CT molecular complexity index is 2190. The Kier molecular flexibility index (Phi) is 14.2.